The summed E-state index contributed by atoms with van der Waals surface area (Å²) >= 11 is 0. The number of anilines is 1. The van der Waals surface area contributed by atoms with Crippen molar-refractivity contribution in [3.05, 3.63) is 71.9 Å². The SMILES string of the molecule is CC(=O)Oc1ccc(CCNc2nccc(-c3cccc(CN(CCCN)S(C)(=O)=O)c3)n2)cc1. The molecule has 10 heteroatoms. The normalized spacial score (nSPS) is 11.4. The van der Waals surface area contributed by atoms with E-state index in [4.69, 9.17) is 10.5 Å². The van der Waals surface area contributed by atoms with Crippen LogP contribution in [0.5, 0.6) is 5.75 Å². The molecule has 3 aromatic rings. The largest absolute Gasteiger partial charge is 0.427 e. The van der Waals surface area contributed by atoms with Crippen LogP contribution in [-0.4, -0.2) is 54.6 Å². The molecule has 186 valence electrons. The van der Waals surface area contributed by atoms with Gasteiger partial charge in [-0.05, 0) is 54.8 Å². The molecule has 3 rings (SSSR count). The highest BCUT2D eigenvalue weighted by molar-refractivity contribution is 7.88. The van der Waals surface area contributed by atoms with Gasteiger partial charge in [0, 0.05) is 38.3 Å². The minimum Gasteiger partial charge on any atom is -0.427 e. The van der Waals surface area contributed by atoms with Crippen molar-refractivity contribution < 1.29 is 17.9 Å². The number of carbonyl (C=O) groups is 1. The molecule has 2 aromatic carbocycles. The van der Waals surface area contributed by atoms with E-state index in [1.807, 2.05) is 42.5 Å². The van der Waals surface area contributed by atoms with Gasteiger partial charge in [0.05, 0.1) is 11.9 Å². The van der Waals surface area contributed by atoms with Gasteiger partial charge in [-0.1, -0.05) is 30.3 Å². The lowest BCUT2D eigenvalue weighted by Gasteiger charge is -2.20. The van der Waals surface area contributed by atoms with Crippen molar-refractivity contribution in [2.45, 2.75) is 26.3 Å². The van der Waals surface area contributed by atoms with Gasteiger partial charge in [-0.15, -0.1) is 0 Å². The third-order valence-electron chi connectivity index (χ3n) is 5.20. The highest BCUT2D eigenvalue weighted by Gasteiger charge is 2.16. The number of nitrogens with two attached hydrogens (primary N) is 1. The average Bonchev–Trinajstić information content (AvgIpc) is 2.82. The van der Waals surface area contributed by atoms with Gasteiger partial charge in [-0.25, -0.2) is 18.4 Å². The van der Waals surface area contributed by atoms with Crippen molar-refractivity contribution in [3.8, 4) is 17.0 Å². The molecule has 1 heterocycles. The van der Waals surface area contributed by atoms with Crippen molar-refractivity contribution >= 4 is 21.9 Å². The first-order valence-electron chi connectivity index (χ1n) is 11.3. The van der Waals surface area contributed by atoms with E-state index in [0.29, 0.717) is 37.8 Å². The zero-order valence-electron chi connectivity index (χ0n) is 20.0. The first-order chi connectivity index (χ1) is 16.7. The molecule has 0 saturated carbocycles. The summed E-state index contributed by atoms with van der Waals surface area (Å²) < 4.78 is 30.8. The molecule has 0 amide bonds. The Morgan fingerprint density at radius 1 is 1.11 bits per heavy atom. The molecule has 35 heavy (non-hydrogen) atoms. The van der Waals surface area contributed by atoms with E-state index in [9.17, 15) is 13.2 Å². The van der Waals surface area contributed by atoms with Gasteiger partial charge in [0.15, 0.2) is 0 Å². The number of hydrogen-bond donors (Lipinski definition) is 2. The van der Waals surface area contributed by atoms with Gasteiger partial charge in [0.25, 0.3) is 0 Å². The van der Waals surface area contributed by atoms with Gasteiger partial charge >= 0.3 is 5.97 Å². The second kappa shape index (κ2) is 12.4. The van der Waals surface area contributed by atoms with Gasteiger partial charge in [0.2, 0.25) is 16.0 Å². The summed E-state index contributed by atoms with van der Waals surface area (Å²) in [5.74, 6) is 0.679. The second-order valence-electron chi connectivity index (χ2n) is 8.12. The molecule has 1 aromatic heterocycles. The summed E-state index contributed by atoms with van der Waals surface area (Å²) in [6.07, 6.45) is 4.25. The standard InChI is InChI=1S/C25H31N5O4S/c1-19(31)34-23-9-7-20(8-10-23)11-14-27-25-28-15-12-24(29-25)22-6-3-5-21(17-22)18-30(16-4-13-26)35(2,32)33/h3,5-10,12,15,17H,4,11,13-14,16,18,26H2,1-2H3,(H,27,28,29). The van der Waals surface area contributed by atoms with E-state index in [1.54, 1.807) is 18.3 Å². The van der Waals surface area contributed by atoms with Crippen molar-refractivity contribution in [2.24, 2.45) is 5.73 Å². The Labute approximate surface area is 206 Å². The Balaban J connectivity index is 1.63. The number of sulfonamides is 1. The zero-order valence-corrected chi connectivity index (χ0v) is 20.8. The quantitative estimate of drug-likeness (QED) is 0.289. The number of ether oxygens (including phenoxy) is 1. The average molecular weight is 498 g/mol. The number of hydrogen-bond acceptors (Lipinski definition) is 8. The smallest absolute Gasteiger partial charge is 0.308 e. The molecule has 0 aliphatic heterocycles. The maximum atomic E-state index is 12.1. The lowest BCUT2D eigenvalue weighted by atomic mass is 10.1. The Morgan fingerprint density at radius 2 is 1.89 bits per heavy atom. The molecule has 0 spiro atoms. The molecule has 0 unspecified atom stereocenters. The zero-order chi connectivity index (χ0) is 25.3. The van der Waals surface area contributed by atoms with Gasteiger partial charge < -0.3 is 15.8 Å². The summed E-state index contributed by atoms with van der Waals surface area (Å²) in [6, 6.07) is 16.8. The van der Waals surface area contributed by atoms with Crippen LogP contribution in [0.15, 0.2) is 60.8 Å². The minimum absolute atomic E-state index is 0.277. The van der Waals surface area contributed by atoms with E-state index in [-0.39, 0.29) is 12.5 Å². The Bertz CT molecular complexity index is 1230. The Morgan fingerprint density at radius 3 is 2.57 bits per heavy atom. The predicted molar refractivity (Wildman–Crippen MR) is 136 cm³/mol. The number of rotatable bonds is 12. The van der Waals surface area contributed by atoms with Crippen LogP contribution in [-0.2, 0) is 27.8 Å². The van der Waals surface area contributed by atoms with Crippen LogP contribution in [0.3, 0.4) is 0 Å². The predicted octanol–water partition coefficient (Wildman–Crippen LogP) is 2.83. The van der Waals surface area contributed by atoms with Crippen LogP contribution in [0.2, 0.25) is 0 Å². The molecule has 0 atom stereocenters. The van der Waals surface area contributed by atoms with Crippen molar-refractivity contribution in [1.29, 1.82) is 0 Å². The highest BCUT2D eigenvalue weighted by atomic mass is 32.2. The van der Waals surface area contributed by atoms with E-state index >= 15 is 0 Å². The fourth-order valence-electron chi connectivity index (χ4n) is 3.48. The summed E-state index contributed by atoms with van der Waals surface area (Å²) in [4.78, 5) is 19.9. The third-order valence-corrected chi connectivity index (χ3v) is 6.45. The fraction of sp³-hybridized carbons (Fsp3) is 0.320. The summed E-state index contributed by atoms with van der Waals surface area (Å²) in [5, 5.41) is 3.23. The molecular formula is C25H31N5O4S. The molecule has 0 fully saturated rings. The molecule has 3 N–H and O–H groups in total. The van der Waals surface area contributed by atoms with Crippen LogP contribution in [0.25, 0.3) is 11.3 Å². The van der Waals surface area contributed by atoms with E-state index in [2.05, 4.69) is 15.3 Å². The van der Waals surface area contributed by atoms with Gasteiger partial charge in [0.1, 0.15) is 5.75 Å². The van der Waals surface area contributed by atoms with E-state index in [0.717, 1.165) is 28.8 Å². The highest BCUT2D eigenvalue weighted by Crippen LogP contribution is 2.21. The maximum absolute atomic E-state index is 12.1. The molecule has 0 aliphatic rings. The van der Waals surface area contributed by atoms with Crippen molar-refractivity contribution in [2.75, 3.05) is 31.2 Å². The topological polar surface area (TPSA) is 128 Å². The molecule has 9 nitrogen and oxygen atoms in total. The molecule has 0 aliphatic carbocycles. The number of aromatic nitrogens is 2. The molecule has 0 bridgehead atoms. The molecule has 0 radical (unpaired) electrons. The minimum atomic E-state index is -3.34. The number of nitrogens with zero attached hydrogens (tertiary/aromatic N) is 3. The van der Waals surface area contributed by atoms with Gasteiger partial charge in [-0.3, -0.25) is 4.79 Å². The number of carbonyl (C=O) groups excluding carboxylic acids is 1. The summed E-state index contributed by atoms with van der Waals surface area (Å²) in [7, 11) is -3.34. The van der Waals surface area contributed by atoms with Gasteiger partial charge in [-0.2, -0.15) is 4.31 Å². The molecule has 0 saturated heterocycles. The third kappa shape index (κ3) is 8.43. The second-order valence-corrected chi connectivity index (χ2v) is 10.1. The Kier molecular flexibility index (Phi) is 9.30. The van der Waals surface area contributed by atoms with E-state index in [1.165, 1.54) is 17.5 Å². The number of benzene rings is 2. The van der Waals surface area contributed by atoms with Crippen LogP contribution in [0, 0.1) is 0 Å². The number of nitrogens with one attached hydrogen (secondary N) is 1. The summed E-state index contributed by atoms with van der Waals surface area (Å²) in [5.41, 5.74) is 9.13. The van der Waals surface area contributed by atoms with Crippen molar-refractivity contribution in [3.63, 3.8) is 0 Å². The summed E-state index contributed by atoms with van der Waals surface area (Å²) in [6.45, 7) is 3.09. The van der Waals surface area contributed by atoms with Crippen LogP contribution in [0.1, 0.15) is 24.5 Å². The van der Waals surface area contributed by atoms with Crippen LogP contribution >= 0.6 is 0 Å². The van der Waals surface area contributed by atoms with Crippen molar-refractivity contribution in [1.82, 2.24) is 14.3 Å². The number of esters is 1. The fourth-order valence-corrected chi connectivity index (χ4v) is 4.32. The molecular weight excluding hydrogens is 466 g/mol. The lowest BCUT2D eigenvalue weighted by molar-refractivity contribution is -0.131. The van der Waals surface area contributed by atoms with Crippen LogP contribution < -0.4 is 15.8 Å². The first-order valence-corrected chi connectivity index (χ1v) is 13.2. The lowest BCUT2D eigenvalue weighted by Crippen LogP contribution is -2.31. The van der Waals surface area contributed by atoms with E-state index < -0.39 is 10.0 Å². The Hall–Kier alpha value is -3.34. The maximum Gasteiger partial charge on any atom is 0.308 e. The first kappa shape index (κ1) is 26.3. The monoisotopic (exact) mass is 497 g/mol. The van der Waals surface area contributed by atoms with Crippen LogP contribution in [0.4, 0.5) is 5.95 Å².